The van der Waals surface area contributed by atoms with Gasteiger partial charge in [0.05, 0.1) is 5.56 Å². The number of hydrogen-bond acceptors (Lipinski definition) is 4. The van der Waals surface area contributed by atoms with Gasteiger partial charge in [0.15, 0.2) is 5.82 Å². The van der Waals surface area contributed by atoms with E-state index in [0.717, 1.165) is 0 Å². The second kappa shape index (κ2) is 3.17. The zero-order chi connectivity index (χ0) is 9.14. The third kappa shape index (κ3) is 1.50. The van der Waals surface area contributed by atoms with Gasteiger partial charge in [-0.25, -0.2) is 4.99 Å². The van der Waals surface area contributed by atoms with Crippen molar-refractivity contribution in [1.29, 1.82) is 0 Å². The molecule has 1 heterocycles. The fourth-order valence-electron chi connectivity index (χ4n) is 0.785. The van der Waals surface area contributed by atoms with Crippen LogP contribution < -0.4 is 11.3 Å². The molecule has 0 radical (unpaired) electrons. The van der Waals surface area contributed by atoms with Crippen LogP contribution in [0.25, 0.3) is 0 Å². The van der Waals surface area contributed by atoms with Crippen molar-refractivity contribution in [2.24, 2.45) is 4.99 Å². The molecule has 1 aromatic rings. The van der Waals surface area contributed by atoms with Crippen LogP contribution in [0, 0.1) is 6.92 Å². The Morgan fingerprint density at radius 3 is 2.92 bits per heavy atom. The van der Waals surface area contributed by atoms with E-state index in [-0.39, 0.29) is 11.5 Å². The topological polar surface area (TPSA) is 84.1 Å². The summed E-state index contributed by atoms with van der Waals surface area (Å²) < 4.78 is 0. The van der Waals surface area contributed by atoms with Crippen LogP contribution in [0.4, 0.5) is 11.8 Å². The lowest BCUT2D eigenvalue weighted by Crippen LogP contribution is -2.13. The zero-order valence-electron chi connectivity index (χ0n) is 6.96. The van der Waals surface area contributed by atoms with Gasteiger partial charge in [-0.05, 0) is 13.8 Å². The van der Waals surface area contributed by atoms with Crippen molar-refractivity contribution >= 4 is 18.0 Å². The molecule has 0 aliphatic heterocycles. The molecule has 0 saturated heterocycles. The summed E-state index contributed by atoms with van der Waals surface area (Å²) in [6, 6.07) is 0. The molecule has 0 aromatic carbocycles. The van der Waals surface area contributed by atoms with Gasteiger partial charge in [-0.15, -0.1) is 0 Å². The molecule has 5 heteroatoms. The second-order valence-corrected chi connectivity index (χ2v) is 2.29. The average Bonchev–Trinajstić information content (AvgIpc) is 2.00. The van der Waals surface area contributed by atoms with Crippen LogP contribution in [0.15, 0.2) is 9.79 Å². The lowest BCUT2D eigenvalue weighted by molar-refractivity contribution is 1.08. The minimum Gasteiger partial charge on any atom is -0.369 e. The minimum absolute atomic E-state index is 0.0891. The predicted molar refractivity (Wildman–Crippen MR) is 47.8 cm³/mol. The Balaban J connectivity index is 3.37. The van der Waals surface area contributed by atoms with E-state index in [1.807, 2.05) is 0 Å². The molecule has 0 spiro atoms. The van der Waals surface area contributed by atoms with E-state index >= 15 is 0 Å². The van der Waals surface area contributed by atoms with E-state index in [0.29, 0.717) is 11.4 Å². The van der Waals surface area contributed by atoms with Gasteiger partial charge in [0.25, 0.3) is 5.56 Å². The Morgan fingerprint density at radius 1 is 1.67 bits per heavy atom. The number of nitrogens with zero attached hydrogens (tertiary/aromatic N) is 2. The van der Waals surface area contributed by atoms with E-state index in [1.165, 1.54) is 0 Å². The molecular formula is C7H10N4O. The maximum absolute atomic E-state index is 11.1. The number of rotatable bonds is 1. The molecule has 0 unspecified atom stereocenters. The largest absolute Gasteiger partial charge is 0.369 e. The average molecular weight is 166 g/mol. The normalized spacial score (nSPS) is 10.8. The Bertz CT molecular complexity index is 366. The van der Waals surface area contributed by atoms with Crippen molar-refractivity contribution in [3.63, 3.8) is 0 Å². The first-order chi connectivity index (χ1) is 5.65. The highest BCUT2D eigenvalue weighted by atomic mass is 16.1. The number of H-pyrrole nitrogens is 1. The monoisotopic (exact) mass is 166 g/mol. The number of aliphatic imine (C=N–C) groups is 1. The highest BCUT2D eigenvalue weighted by Crippen LogP contribution is 2.09. The van der Waals surface area contributed by atoms with Gasteiger partial charge in [0, 0.05) is 6.21 Å². The van der Waals surface area contributed by atoms with Gasteiger partial charge in [-0.3, -0.25) is 9.78 Å². The Morgan fingerprint density at radius 2 is 2.33 bits per heavy atom. The molecule has 0 amide bonds. The predicted octanol–water partition coefficient (Wildman–Crippen LogP) is 0.383. The molecule has 0 fully saturated rings. The van der Waals surface area contributed by atoms with Crippen molar-refractivity contribution < 1.29 is 0 Å². The number of aromatic nitrogens is 2. The second-order valence-electron chi connectivity index (χ2n) is 2.29. The van der Waals surface area contributed by atoms with Crippen molar-refractivity contribution in [2.75, 3.05) is 5.73 Å². The number of nitrogen functional groups attached to an aromatic ring is 1. The number of anilines is 1. The van der Waals surface area contributed by atoms with Crippen LogP contribution in [-0.2, 0) is 0 Å². The van der Waals surface area contributed by atoms with E-state index < -0.39 is 0 Å². The summed E-state index contributed by atoms with van der Waals surface area (Å²) in [5.41, 5.74) is 5.55. The molecule has 0 saturated carbocycles. The molecule has 0 atom stereocenters. The van der Waals surface area contributed by atoms with Crippen molar-refractivity contribution in [3.05, 3.63) is 15.9 Å². The molecule has 0 aliphatic rings. The lowest BCUT2D eigenvalue weighted by Gasteiger charge is -1.98. The highest BCUT2D eigenvalue weighted by molar-refractivity contribution is 5.60. The SMILES string of the molecule is CC=Nc1nc(N)[nH]c(=O)c1C. The van der Waals surface area contributed by atoms with Gasteiger partial charge in [-0.2, -0.15) is 4.98 Å². The fraction of sp³-hybridized carbons (Fsp3) is 0.286. The summed E-state index contributed by atoms with van der Waals surface area (Å²) in [5.74, 6) is 0.463. The van der Waals surface area contributed by atoms with Crippen LogP contribution in [0.5, 0.6) is 0 Å². The summed E-state index contributed by atoms with van der Waals surface area (Å²) in [5, 5.41) is 0. The van der Waals surface area contributed by atoms with E-state index in [1.54, 1.807) is 20.1 Å². The van der Waals surface area contributed by atoms with Crippen molar-refractivity contribution in [3.8, 4) is 0 Å². The Kier molecular flexibility index (Phi) is 2.23. The first kappa shape index (κ1) is 8.45. The van der Waals surface area contributed by atoms with Gasteiger partial charge >= 0.3 is 0 Å². The smallest absolute Gasteiger partial charge is 0.257 e. The van der Waals surface area contributed by atoms with Crippen LogP contribution in [0.3, 0.4) is 0 Å². The molecule has 5 nitrogen and oxygen atoms in total. The highest BCUT2D eigenvalue weighted by Gasteiger charge is 2.02. The van der Waals surface area contributed by atoms with Gasteiger partial charge in [0.1, 0.15) is 0 Å². The van der Waals surface area contributed by atoms with Crippen molar-refractivity contribution in [1.82, 2.24) is 9.97 Å². The van der Waals surface area contributed by atoms with Gasteiger partial charge in [0.2, 0.25) is 5.95 Å². The first-order valence-corrected chi connectivity index (χ1v) is 3.50. The third-order valence-corrected chi connectivity index (χ3v) is 1.40. The molecular weight excluding hydrogens is 156 g/mol. The number of nitrogens with two attached hydrogens (primary N) is 1. The number of hydrogen-bond donors (Lipinski definition) is 2. The molecule has 1 rings (SSSR count). The number of aromatic amines is 1. The summed E-state index contributed by atoms with van der Waals surface area (Å²) >= 11 is 0. The maximum atomic E-state index is 11.1. The molecule has 3 N–H and O–H groups in total. The van der Waals surface area contributed by atoms with Crippen LogP contribution in [-0.4, -0.2) is 16.2 Å². The summed E-state index contributed by atoms with van der Waals surface area (Å²) in [6.07, 6.45) is 1.56. The van der Waals surface area contributed by atoms with Crippen LogP contribution in [0.2, 0.25) is 0 Å². The lowest BCUT2D eigenvalue weighted by atomic mass is 10.3. The number of nitrogens with one attached hydrogen (secondary N) is 1. The van der Waals surface area contributed by atoms with Gasteiger partial charge < -0.3 is 5.73 Å². The standard InChI is InChI=1S/C7H10N4O/c1-3-9-5-4(2)6(12)11-7(8)10-5/h3H,1-2H3,(H3,8,10,11,12). The minimum atomic E-state index is -0.247. The molecule has 64 valence electrons. The first-order valence-electron chi connectivity index (χ1n) is 3.50. The Hall–Kier alpha value is -1.65. The Labute approximate surface area is 69.4 Å². The maximum Gasteiger partial charge on any atom is 0.257 e. The van der Waals surface area contributed by atoms with E-state index in [2.05, 4.69) is 15.0 Å². The summed E-state index contributed by atoms with van der Waals surface area (Å²) in [6.45, 7) is 3.39. The van der Waals surface area contributed by atoms with E-state index in [9.17, 15) is 4.79 Å². The summed E-state index contributed by atoms with van der Waals surface area (Å²) in [4.78, 5) is 21.2. The van der Waals surface area contributed by atoms with Crippen molar-refractivity contribution in [2.45, 2.75) is 13.8 Å². The quantitative estimate of drug-likeness (QED) is 0.591. The zero-order valence-corrected chi connectivity index (χ0v) is 6.96. The molecule has 0 aliphatic carbocycles. The summed E-state index contributed by atoms with van der Waals surface area (Å²) in [7, 11) is 0. The molecule has 1 aromatic heterocycles. The fourth-order valence-corrected chi connectivity index (χ4v) is 0.785. The third-order valence-electron chi connectivity index (χ3n) is 1.40. The van der Waals surface area contributed by atoms with Crippen LogP contribution >= 0.6 is 0 Å². The molecule has 0 bridgehead atoms. The van der Waals surface area contributed by atoms with E-state index in [4.69, 9.17) is 5.73 Å². The van der Waals surface area contributed by atoms with Gasteiger partial charge in [-0.1, -0.05) is 0 Å². The molecule has 12 heavy (non-hydrogen) atoms. The van der Waals surface area contributed by atoms with Crippen LogP contribution in [0.1, 0.15) is 12.5 Å².